The Balaban J connectivity index is 1.98. The molecule has 1 aliphatic heterocycles. The molecule has 0 bridgehead atoms. The molecule has 5 nitrogen and oxygen atoms in total. The highest BCUT2D eigenvalue weighted by atomic mass is 16.5. The number of ether oxygens (including phenoxy) is 3. The second-order valence-electron chi connectivity index (χ2n) is 4.09. The van der Waals surface area contributed by atoms with Gasteiger partial charge >= 0.3 is 5.97 Å². The van der Waals surface area contributed by atoms with E-state index in [1.54, 1.807) is 6.92 Å². The standard InChI is InChI=1S/C12H20O5/c1-2-17-12(14)4-3-11(13)9-16-8-10-5-6-15-7-10/h10H,2-9H2,1H3. The Bertz CT molecular complexity index is 245. The van der Waals surface area contributed by atoms with Crippen molar-refractivity contribution in [2.45, 2.75) is 26.2 Å². The van der Waals surface area contributed by atoms with E-state index in [2.05, 4.69) is 0 Å². The molecule has 98 valence electrons. The Kier molecular flexibility index (Phi) is 6.81. The molecule has 0 N–H and O–H groups in total. The van der Waals surface area contributed by atoms with E-state index in [1.165, 1.54) is 0 Å². The van der Waals surface area contributed by atoms with Crippen LogP contribution in [0.5, 0.6) is 0 Å². The van der Waals surface area contributed by atoms with Crippen LogP contribution in [0.15, 0.2) is 0 Å². The van der Waals surface area contributed by atoms with Gasteiger partial charge in [0, 0.05) is 18.9 Å². The Labute approximate surface area is 101 Å². The lowest BCUT2D eigenvalue weighted by Crippen LogP contribution is -2.16. The van der Waals surface area contributed by atoms with Gasteiger partial charge in [-0.15, -0.1) is 0 Å². The van der Waals surface area contributed by atoms with Gasteiger partial charge in [-0.1, -0.05) is 0 Å². The highest BCUT2D eigenvalue weighted by molar-refractivity contribution is 5.83. The third kappa shape index (κ3) is 6.38. The second kappa shape index (κ2) is 8.20. The molecule has 0 aromatic heterocycles. The van der Waals surface area contributed by atoms with Gasteiger partial charge < -0.3 is 14.2 Å². The number of esters is 1. The molecule has 1 heterocycles. The number of hydrogen-bond donors (Lipinski definition) is 0. The van der Waals surface area contributed by atoms with E-state index < -0.39 is 0 Å². The largest absolute Gasteiger partial charge is 0.466 e. The molecule has 0 aromatic rings. The zero-order valence-electron chi connectivity index (χ0n) is 10.3. The van der Waals surface area contributed by atoms with E-state index >= 15 is 0 Å². The Morgan fingerprint density at radius 3 is 2.82 bits per heavy atom. The van der Waals surface area contributed by atoms with E-state index in [0.29, 0.717) is 19.1 Å². The van der Waals surface area contributed by atoms with Crippen molar-refractivity contribution in [2.75, 3.05) is 33.0 Å². The summed E-state index contributed by atoms with van der Waals surface area (Å²) in [6.07, 6.45) is 1.33. The van der Waals surface area contributed by atoms with Crippen molar-refractivity contribution in [3.63, 3.8) is 0 Å². The summed E-state index contributed by atoms with van der Waals surface area (Å²) in [6, 6.07) is 0. The molecule has 1 unspecified atom stereocenters. The minimum Gasteiger partial charge on any atom is -0.466 e. The average molecular weight is 244 g/mol. The molecule has 1 saturated heterocycles. The summed E-state index contributed by atoms with van der Waals surface area (Å²) < 4.78 is 15.2. The van der Waals surface area contributed by atoms with Crippen molar-refractivity contribution in [2.24, 2.45) is 5.92 Å². The molecule has 0 aliphatic carbocycles. The second-order valence-corrected chi connectivity index (χ2v) is 4.09. The number of rotatable bonds is 8. The van der Waals surface area contributed by atoms with E-state index in [9.17, 15) is 9.59 Å². The van der Waals surface area contributed by atoms with Gasteiger partial charge in [-0.2, -0.15) is 0 Å². The van der Waals surface area contributed by atoms with Gasteiger partial charge in [0.05, 0.1) is 26.2 Å². The van der Waals surface area contributed by atoms with Gasteiger partial charge in [-0.25, -0.2) is 0 Å². The van der Waals surface area contributed by atoms with Crippen LogP contribution < -0.4 is 0 Å². The molecule has 1 aliphatic rings. The van der Waals surface area contributed by atoms with Gasteiger partial charge in [0.1, 0.15) is 6.61 Å². The van der Waals surface area contributed by atoms with Crippen molar-refractivity contribution in [1.29, 1.82) is 0 Å². The van der Waals surface area contributed by atoms with Crippen LogP contribution in [0, 0.1) is 5.92 Å². The minimum atomic E-state index is -0.329. The summed E-state index contributed by atoms with van der Waals surface area (Å²) in [5, 5.41) is 0. The van der Waals surface area contributed by atoms with Crippen LogP contribution in [0.25, 0.3) is 0 Å². The lowest BCUT2D eigenvalue weighted by molar-refractivity contribution is -0.144. The van der Waals surface area contributed by atoms with E-state index in [0.717, 1.165) is 19.6 Å². The maximum Gasteiger partial charge on any atom is 0.306 e. The minimum absolute atomic E-state index is 0.0584. The van der Waals surface area contributed by atoms with Crippen LogP contribution >= 0.6 is 0 Å². The lowest BCUT2D eigenvalue weighted by atomic mass is 10.1. The van der Waals surface area contributed by atoms with Crippen LogP contribution in [-0.2, 0) is 23.8 Å². The van der Waals surface area contributed by atoms with Crippen LogP contribution in [-0.4, -0.2) is 44.8 Å². The molecule has 17 heavy (non-hydrogen) atoms. The summed E-state index contributed by atoms with van der Waals surface area (Å²) in [7, 11) is 0. The highest BCUT2D eigenvalue weighted by Crippen LogP contribution is 2.12. The fourth-order valence-corrected chi connectivity index (χ4v) is 1.60. The third-order valence-electron chi connectivity index (χ3n) is 2.55. The quantitative estimate of drug-likeness (QED) is 0.595. The molecule has 0 saturated carbocycles. The maximum atomic E-state index is 11.4. The predicted octanol–water partition coefficient (Wildman–Crippen LogP) is 0.952. The van der Waals surface area contributed by atoms with Gasteiger partial charge in [0.2, 0.25) is 0 Å². The molecule has 0 spiro atoms. The fourth-order valence-electron chi connectivity index (χ4n) is 1.60. The lowest BCUT2D eigenvalue weighted by Gasteiger charge is -2.07. The molecule has 0 radical (unpaired) electrons. The summed E-state index contributed by atoms with van der Waals surface area (Å²) in [4.78, 5) is 22.4. The van der Waals surface area contributed by atoms with E-state index in [1.807, 2.05) is 0 Å². The summed E-state index contributed by atoms with van der Waals surface area (Å²) in [5.74, 6) is 0.0230. The van der Waals surface area contributed by atoms with Gasteiger partial charge in [0.25, 0.3) is 0 Å². The van der Waals surface area contributed by atoms with Gasteiger partial charge in [0.15, 0.2) is 5.78 Å². The number of carbonyl (C=O) groups excluding carboxylic acids is 2. The predicted molar refractivity (Wildman–Crippen MR) is 60.6 cm³/mol. The first-order valence-electron chi connectivity index (χ1n) is 6.05. The smallest absolute Gasteiger partial charge is 0.306 e. The van der Waals surface area contributed by atoms with Crippen LogP contribution in [0.4, 0.5) is 0 Å². The zero-order valence-corrected chi connectivity index (χ0v) is 10.3. The van der Waals surface area contributed by atoms with Crippen molar-refractivity contribution in [3.8, 4) is 0 Å². The van der Waals surface area contributed by atoms with Crippen molar-refractivity contribution in [1.82, 2.24) is 0 Å². The first kappa shape index (κ1) is 14.1. The average Bonchev–Trinajstić information content (AvgIpc) is 2.80. The molecule has 5 heteroatoms. The van der Waals surface area contributed by atoms with Crippen molar-refractivity contribution < 1.29 is 23.8 Å². The molecule has 1 rings (SSSR count). The summed E-state index contributed by atoms with van der Waals surface area (Å²) >= 11 is 0. The van der Waals surface area contributed by atoms with Crippen LogP contribution in [0.2, 0.25) is 0 Å². The first-order chi connectivity index (χ1) is 8.22. The van der Waals surface area contributed by atoms with E-state index in [-0.39, 0.29) is 31.2 Å². The summed E-state index contributed by atoms with van der Waals surface area (Å²) in [6.45, 7) is 4.24. The van der Waals surface area contributed by atoms with Crippen molar-refractivity contribution >= 4 is 11.8 Å². The Hall–Kier alpha value is -0.940. The molecule has 0 aromatic carbocycles. The Morgan fingerprint density at radius 1 is 1.35 bits per heavy atom. The number of Topliss-reactive ketones (excluding diaryl/α,β-unsaturated/α-hetero) is 1. The Morgan fingerprint density at radius 2 is 2.18 bits per heavy atom. The SMILES string of the molecule is CCOC(=O)CCC(=O)COCC1CCOC1. The molecular weight excluding hydrogens is 224 g/mol. The number of carbonyl (C=O) groups is 2. The normalized spacial score (nSPS) is 19.2. The molecule has 1 fully saturated rings. The van der Waals surface area contributed by atoms with Gasteiger partial charge in [-0.05, 0) is 13.3 Å². The first-order valence-corrected chi connectivity index (χ1v) is 6.05. The molecule has 1 atom stereocenters. The number of hydrogen-bond acceptors (Lipinski definition) is 5. The highest BCUT2D eigenvalue weighted by Gasteiger charge is 2.16. The van der Waals surface area contributed by atoms with E-state index in [4.69, 9.17) is 14.2 Å². The summed E-state index contributed by atoms with van der Waals surface area (Å²) in [5.41, 5.74) is 0. The maximum absolute atomic E-state index is 11.4. The zero-order chi connectivity index (χ0) is 12.5. The van der Waals surface area contributed by atoms with Crippen LogP contribution in [0.3, 0.4) is 0 Å². The van der Waals surface area contributed by atoms with Gasteiger partial charge in [-0.3, -0.25) is 9.59 Å². The third-order valence-corrected chi connectivity index (χ3v) is 2.55. The fraction of sp³-hybridized carbons (Fsp3) is 0.833. The number of ketones is 1. The monoisotopic (exact) mass is 244 g/mol. The molecular formula is C12H20O5. The topological polar surface area (TPSA) is 61.8 Å². The van der Waals surface area contributed by atoms with Crippen LogP contribution in [0.1, 0.15) is 26.2 Å². The molecule has 0 amide bonds. The van der Waals surface area contributed by atoms with Crippen molar-refractivity contribution in [3.05, 3.63) is 0 Å².